The van der Waals surface area contributed by atoms with Gasteiger partial charge in [-0.05, 0) is 13.8 Å². The lowest BCUT2D eigenvalue weighted by Crippen LogP contribution is -2.43. The van der Waals surface area contributed by atoms with Gasteiger partial charge in [-0.15, -0.1) is 11.3 Å². The topological polar surface area (TPSA) is 91.3 Å². The van der Waals surface area contributed by atoms with Gasteiger partial charge in [-0.3, -0.25) is 4.79 Å². The Morgan fingerprint density at radius 1 is 1.44 bits per heavy atom. The highest BCUT2D eigenvalue weighted by atomic mass is 32.1. The standard InChI is InChI=1S/C11H17N3O3S/c1-11(2,9(15)16)7-14-10(17)13-4-3-8-12-5-6-18-8/h5-6H,3-4,7H2,1-2H3,(H,15,16)(H2,13,14,17). The molecule has 1 aromatic rings. The number of rotatable bonds is 6. The van der Waals surface area contributed by atoms with E-state index in [0.717, 1.165) is 5.01 Å². The first-order chi connectivity index (χ1) is 8.42. The Morgan fingerprint density at radius 3 is 2.72 bits per heavy atom. The van der Waals surface area contributed by atoms with Crippen molar-refractivity contribution in [2.24, 2.45) is 5.41 Å². The summed E-state index contributed by atoms with van der Waals surface area (Å²) in [4.78, 5) is 26.3. The number of aliphatic carboxylic acids is 1. The molecular weight excluding hydrogens is 254 g/mol. The van der Waals surface area contributed by atoms with Gasteiger partial charge in [-0.1, -0.05) is 0 Å². The fraction of sp³-hybridized carbons (Fsp3) is 0.545. The molecule has 0 saturated carbocycles. The van der Waals surface area contributed by atoms with Crippen molar-refractivity contribution in [3.8, 4) is 0 Å². The second-order valence-electron chi connectivity index (χ2n) is 4.47. The zero-order valence-electron chi connectivity index (χ0n) is 10.4. The first-order valence-electron chi connectivity index (χ1n) is 5.55. The van der Waals surface area contributed by atoms with E-state index >= 15 is 0 Å². The smallest absolute Gasteiger partial charge is 0.314 e. The Bertz CT molecular complexity index is 404. The van der Waals surface area contributed by atoms with Crippen LogP contribution < -0.4 is 10.6 Å². The molecule has 7 heteroatoms. The Balaban J connectivity index is 2.20. The summed E-state index contributed by atoms with van der Waals surface area (Å²) in [5.74, 6) is -0.939. The van der Waals surface area contributed by atoms with Gasteiger partial charge in [0.2, 0.25) is 0 Å². The Hall–Kier alpha value is -1.63. The quantitative estimate of drug-likeness (QED) is 0.722. The summed E-state index contributed by atoms with van der Waals surface area (Å²) in [5.41, 5.74) is -0.966. The Morgan fingerprint density at radius 2 is 2.17 bits per heavy atom. The molecule has 0 fully saturated rings. The summed E-state index contributed by atoms with van der Waals surface area (Å²) in [5, 5.41) is 16.9. The van der Waals surface area contributed by atoms with Crippen molar-refractivity contribution in [1.82, 2.24) is 15.6 Å². The summed E-state index contributed by atoms with van der Waals surface area (Å²) in [6.45, 7) is 3.69. The van der Waals surface area contributed by atoms with E-state index in [4.69, 9.17) is 5.11 Å². The number of aromatic nitrogens is 1. The second-order valence-corrected chi connectivity index (χ2v) is 5.45. The van der Waals surface area contributed by atoms with E-state index in [1.807, 2.05) is 5.38 Å². The largest absolute Gasteiger partial charge is 0.481 e. The van der Waals surface area contributed by atoms with Crippen LogP contribution in [0.25, 0.3) is 0 Å². The van der Waals surface area contributed by atoms with Gasteiger partial charge in [-0.25, -0.2) is 9.78 Å². The van der Waals surface area contributed by atoms with E-state index < -0.39 is 11.4 Å². The van der Waals surface area contributed by atoms with Gasteiger partial charge in [0, 0.05) is 31.1 Å². The fourth-order valence-electron chi connectivity index (χ4n) is 1.10. The van der Waals surface area contributed by atoms with Crippen molar-refractivity contribution in [2.75, 3.05) is 13.1 Å². The van der Waals surface area contributed by atoms with E-state index in [-0.39, 0.29) is 12.6 Å². The lowest BCUT2D eigenvalue weighted by atomic mass is 9.94. The minimum atomic E-state index is -0.966. The second kappa shape index (κ2) is 6.34. The average Bonchev–Trinajstić information content (AvgIpc) is 2.79. The van der Waals surface area contributed by atoms with Crippen LogP contribution in [0.5, 0.6) is 0 Å². The summed E-state index contributed by atoms with van der Waals surface area (Å²) in [6, 6.07) is -0.360. The number of carboxylic acid groups (broad SMARTS) is 1. The normalized spacial score (nSPS) is 11.0. The van der Waals surface area contributed by atoms with Crippen molar-refractivity contribution in [2.45, 2.75) is 20.3 Å². The molecule has 100 valence electrons. The average molecular weight is 271 g/mol. The molecule has 0 atom stereocenters. The highest BCUT2D eigenvalue weighted by Crippen LogP contribution is 2.12. The molecule has 0 bridgehead atoms. The molecule has 0 aromatic carbocycles. The van der Waals surface area contributed by atoms with Crippen LogP contribution in [0.3, 0.4) is 0 Å². The molecule has 0 aliphatic rings. The van der Waals surface area contributed by atoms with E-state index in [0.29, 0.717) is 13.0 Å². The number of carboxylic acids is 1. The summed E-state index contributed by atoms with van der Waals surface area (Å²) in [6.07, 6.45) is 2.39. The summed E-state index contributed by atoms with van der Waals surface area (Å²) >= 11 is 1.54. The van der Waals surface area contributed by atoms with E-state index in [1.165, 1.54) is 11.3 Å². The maximum Gasteiger partial charge on any atom is 0.314 e. The molecule has 18 heavy (non-hydrogen) atoms. The predicted octanol–water partition coefficient (Wildman–Crippen LogP) is 1.10. The summed E-state index contributed by atoms with van der Waals surface area (Å²) in [7, 11) is 0. The Labute approximate surface area is 109 Å². The maximum absolute atomic E-state index is 11.4. The highest BCUT2D eigenvalue weighted by Gasteiger charge is 2.27. The van der Waals surface area contributed by atoms with Gasteiger partial charge in [0.05, 0.1) is 10.4 Å². The lowest BCUT2D eigenvalue weighted by molar-refractivity contribution is -0.146. The van der Waals surface area contributed by atoms with Crippen LogP contribution >= 0.6 is 11.3 Å². The lowest BCUT2D eigenvalue weighted by Gasteiger charge is -2.19. The molecule has 0 radical (unpaired) electrons. The van der Waals surface area contributed by atoms with Crippen molar-refractivity contribution in [3.63, 3.8) is 0 Å². The van der Waals surface area contributed by atoms with Gasteiger partial charge in [-0.2, -0.15) is 0 Å². The first-order valence-corrected chi connectivity index (χ1v) is 6.43. The highest BCUT2D eigenvalue weighted by molar-refractivity contribution is 7.09. The third-order valence-electron chi connectivity index (χ3n) is 2.38. The zero-order valence-corrected chi connectivity index (χ0v) is 11.2. The number of carbonyl (C=O) groups is 2. The van der Waals surface area contributed by atoms with Crippen LogP contribution in [0.15, 0.2) is 11.6 Å². The van der Waals surface area contributed by atoms with Crippen LogP contribution in [0, 0.1) is 5.41 Å². The number of hydrogen-bond donors (Lipinski definition) is 3. The molecule has 1 rings (SSSR count). The third kappa shape index (κ3) is 4.70. The van der Waals surface area contributed by atoms with Crippen LogP contribution in [0.1, 0.15) is 18.9 Å². The number of hydrogen-bond acceptors (Lipinski definition) is 4. The van der Waals surface area contributed by atoms with Crippen LogP contribution in [0.4, 0.5) is 4.79 Å². The van der Waals surface area contributed by atoms with Gasteiger partial charge in [0.25, 0.3) is 0 Å². The van der Waals surface area contributed by atoms with E-state index in [9.17, 15) is 9.59 Å². The number of nitrogens with one attached hydrogen (secondary N) is 2. The molecule has 2 amide bonds. The van der Waals surface area contributed by atoms with Gasteiger partial charge in [0.15, 0.2) is 0 Å². The number of carbonyl (C=O) groups excluding carboxylic acids is 1. The third-order valence-corrected chi connectivity index (χ3v) is 3.22. The van der Waals surface area contributed by atoms with E-state index in [1.54, 1.807) is 20.0 Å². The molecule has 6 nitrogen and oxygen atoms in total. The number of nitrogens with zero attached hydrogens (tertiary/aromatic N) is 1. The minimum absolute atomic E-state index is 0.0887. The number of amides is 2. The zero-order chi connectivity index (χ0) is 13.6. The molecule has 0 aliphatic carbocycles. The molecule has 1 heterocycles. The van der Waals surface area contributed by atoms with Crippen molar-refractivity contribution < 1.29 is 14.7 Å². The predicted molar refractivity (Wildman–Crippen MR) is 68.6 cm³/mol. The van der Waals surface area contributed by atoms with Crippen LogP contribution in [-0.2, 0) is 11.2 Å². The minimum Gasteiger partial charge on any atom is -0.481 e. The monoisotopic (exact) mass is 271 g/mol. The van der Waals surface area contributed by atoms with Crippen molar-refractivity contribution >= 4 is 23.3 Å². The SMILES string of the molecule is CC(C)(CNC(=O)NCCc1nccs1)C(=O)O. The number of thiazole rings is 1. The fourth-order valence-corrected chi connectivity index (χ4v) is 1.72. The van der Waals surface area contributed by atoms with Gasteiger partial charge >= 0.3 is 12.0 Å². The van der Waals surface area contributed by atoms with Gasteiger partial charge in [0.1, 0.15) is 0 Å². The Kier molecular flexibility index (Phi) is 5.08. The first kappa shape index (κ1) is 14.4. The van der Waals surface area contributed by atoms with Gasteiger partial charge < -0.3 is 15.7 Å². The van der Waals surface area contributed by atoms with Crippen LogP contribution in [-0.4, -0.2) is 35.2 Å². The molecule has 0 aliphatic heterocycles. The molecule has 3 N–H and O–H groups in total. The molecule has 0 spiro atoms. The maximum atomic E-state index is 11.4. The van der Waals surface area contributed by atoms with Crippen molar-refractivity contribution in [1.29, 1.82) is 0 Å². The van der Waals surface area contributed by atoms with Crippen molar-refractivity contribution in [3.05, 3.63) is 16.6 Å². The van der Waals surface area contributed by atoms with E-state index in [2.05, 4.69) is 15.6 Å². The molecular formula is C11H17N3O3S. The molecule has 1 aromatic heterocycles. The molecule has 0 saturated heterocycles. The number of urea groups is 1. The summed E-state index contributed by atoms with van der Waals surface area (Å²) < 4.78 is 0. The van der Waals surface area contributed by atoms with Crippen LogP contribution in [0.2, 0.25) is 0 Å². The molecule has 0 unspecified atom stereocenters.